The summed E-state index contributed by atoms with van der Waals surface area (Å²) in [5.74, 6) is -1.03. The maximum absolute atomic E-state index is 13.0. The van der Waals surface area contributed by atoms with E-state index in [0.29, 0.717) is 19.3 Å². The molecule has 2 heterocycles. The minimum absolute atomic E-state index is 0.121. The van der Waals surface area contributed by atoms with Gasteiger partial charge in [0.25, 0.3) is 0 Å². The van der Waals surface area contributed by atoms with Gasteiger partial charge in [0, 0.05) is 12.8 Å². The lowest BCUT2D eigenvalue weighted by atomic mass is 9.98. The molecule has 0 spiro atoms. The monoisotopic (exact) mass is 1010 g/mol. The number of hydrogen-bond donors (Lipinski definition) is 7. The first-order chi connectivity index (χ1) is 35.0. The van der Waals surface area contributed by atoms with Crippen molar-refractivity contribution in [3.63, 3.8) is 0 Å². The van der Waals surface area contributed by atoms with Crippen LogP contribution in [-0.4, -0.2) is 142 Å². The summed E-state index contributed by atoms with van der Waals surface area (Å²) in [7, 11) is 0. The van der Waals surface area contributed by atoms with Crippen molar-refractivity contribution in [1.29, 1.82) is 0 Å². The molecule has 0 bridgehead atoms. The van der Waals surface area contributed by atoms with Gasteiger partial charge in [-0.15, -0.1) is 0 Å². The zero-order valence-corrected chi connectivity index (χ0v) is 42.9. The van der Waals surface area contributed by atoms with Crippen LogP contribution in [0, 0.1) is 0 Å². The van der Waals surface area contributed by atoms with Crippen molar-refractivity contribution in [3.8, 4) is 0 Å². The largest absolute Gasteiger partial charge is 0.462 e. The first-order valence-electron chi connectivity index (χ1n) is 26.2. The van der Waals surface area contributed by atoms with Gasteiger partial charge in [-0.2, -0.15) is 0 Å². The van der Waals surface area contributed by atoms with Crippen molar-refractivity contribution in [1.82, 2.24) is 0 Å². The Morgan fingerprint density at radius 1 is 0.458 bits per heavy atom. The van der Waals surface area contributed by atoms with Gasteiger partial charge in [0.1, 0.15) is 55.4 Å². The minimum Gasteiger partial charge on any atom is -0.462 e. The van der Waals surface area contributed by atoms with Gasteiger partial charge in [-0.05, 0) is 83.5 Å². The Kier molecular flexibility index (Phi) is 37.6. The van der Waals surface area contributed by atoms with Crippen LogP contribution in [0.25, 0.3) is 0 Å². The molecule has 0 aromatic carbocycles. The highest BCUT2D eigenvalue weighted by Gasteiger charge is 2.47. The van der Waals surface area contributed by atoms with E-state index in [1.165, 1.54) is 0 Å². The second kappa shape index (κ2) is 42.3. The minimum atomic E-state index is -1.79. The van der Waals surface area contributed by atoms with Crippen LogP contribution >= 0.6 is 0 Å². The van der Waals surface area contributed by atoms with E-state index in [4.69, 9.17) is 28.4 Å². The Morgan fingerprint density at radius 3 is 1.49 bits per heavy atom. The molecular formula is C57H88O15. The van der Waals surface area contributed by atoms with Crippen molar-refractivity contribution in [3.05, 3.63) is 122 Å². The van der Waals surface area contributed by atoms with Crippen LogP contribution in [0.1, 0.15) is 129 Å². The SMILES string of the molecule is CC/C=C/C=C/C=C/CCCCCCCC(=O)OC(COC(=O)CCC/C=C/C/C=C/C/C=C/C/C=C/C/C=C/C/C=C/C/C=C/CC)CO[C@@H]1O[C@H](CO[C@@H]2O[C@H](CO)[C@H](O)C(O)C2O)[C@H](O)C(O)C1O. The van der Waals surface area contributed by atoms with Crippen LogP contribution in [0.15, 0.2) is 122 Å². The zero-order chi connectivity index (χ0) is 52.4. The summed E-state index contributed by atoms with van der Waals surface area (Å²) in [5.41, 5.74) is 0. The molecule has 0 aromatic heterocycles. The highest BCUT2D eigenvalue weighted by atomic mass is 16.7. The molecule has 0 amide bonds. The number of aliphatic hydroxyl groups is 7. The van der Waals surface area contributed by atoms with Gasteiger partial charge in [0.05, 0.1) is 19.8 Å². The Morgan fingerprint density at radius 2 is 0.917 bits per heavy atom. The topological polar surface area (TPSA) is 231 Å². The van der Waals surface area contributed by atoms with E-state index in [2.05, 4.69) is 98.9 Å². The van der Waals surface area contributed by atoms with E-state index < -0.39 is 99.3 Å². The molecule has 0 aromatic rings. The Bertz CT molecular complexity index is 1710. The van der Waals surface area contributed by atoms with E-state index in [1.54, 1.807) is 0 Å². The van der Waals surface area contributed by atoms with Crippen LogP contribution < -0.4 is 0 Å². The number of carbonyl (C=O) groups is 2. The van der Waals surface area contributed by atoms with Crippen molar-refractivity contribution in [2.45, 2.75) is 197 Å². The number of hydrogen-bond acceptors (Lipinski definition) is 15. The third kappa shape index (κ3) is 29.6. The summed E-state index contributed by atoms with van der Waals surface area (Å²) in [4.78, 5) is 25.7. The molecule has 15 nitrogen and oxygen atoms in total. The number of ether oxygens (including phenoxy) is 6. The molecule has 2 aliphatic rings. The lowest BCUT2D eigenvalue weighted by Crippen LogP contribution is -2.61. The lowest BCUT2D eigenvalue weighted by Gasteiger charge is -2.42. The number of esters is 2. The fraction of sp³-hybridized carbons (Fsp3) is 0.614. The highest BCUT2D eigenvalue weighted by Crippen LogP contribution is 2.26. The van der Waals surface area contributed by atoms with E-state index in [9.17, 15) is 45.3 Å². The number of aliphatic hydroxyl groups excluding tert-OH is 7. The van der Waals surface area contributed by atoms with Gasteiger partial charge < -0.3 is 64.2 Å². The summed E-state index contributed by atoms with van der Waals surface area (Å²) in [6.45, 7) is 2.22. The van der Waals surface area contributed by atoms with E-state index in [1.807, 2.05) is 36.5 Å². The molecule has 15 heteroatoms. The number of rotatable bonds is 38. The summed E-state index contributed by atoms with van der Waals surface area (Å²) >= 11 is 0. The lowest BCUT2D eigenvalue weighted by molar-refractivity contribution is -0.332. The Hall–Kier alpha value is -4.10. The number of unbranched alkanes of at least 4 members (excludes halogenated alkanes) is 6. The Balaban J connectivity index is 1.82. The number of carbonyl (C=O) groups excluding carboxylic acids is 2. The molecule has 5 unspecified atom stereocenters. The second-order valence-electron chi connectivity index (χ2n) is 17.6. The fourth-order valence-corrected chi connectivity index (χ4v) is 7.26. The molecule has 0 saturated carbocycles. The highest BCUT2D eigenvalue weighted by molar-refractivity contribution is 5.70. The molecule has 2 aliphatic heterocycles. The maximum atomic E-state index is 13.0. The van der Waals surface area contributed by atoms with Crippen LogP contribution in [0.3, 0.4) is 0 Å². The van der Waals surface area contributed by atoms with Gasteiger partial charge in [-0.1, -0.05) is 155 Å². The smallest absolute Gasteiger partial charge is 0.306 e. The van der Waals surface area contributed by atoms with Gasteiger partial charge in [0.15, 0.2) is 18.7 Å². The van der Waals surface area contributed by atoms with E-state index >= 15 is 0 Å². The predicted molar refractivity (Wildman–Crippen MR) is 279 cm³/mol. The van der Waals surface area contributed by atoms with E-state index in [0.717, 1.165) is 83.5 Å². The average Bonchev–Trinajstić information content (AvgIpc) is 3.37. The first kappa shape index (κ1) is 64.0. The van der Waals surface area contributed by atoms with Gasteiger partial charge in [-0.3, -0.25) is 9.59 Å². The van der Waals surface area contributed by atoms with Crippen LogP contribution in [0.5, 0.6) is 0 Å². The molecule has 11 atom stereocenters. The third-order valence-corrected chi connectivity index (χ3v) is 11.5. The molecule has 406 valence electrons. The second-order valence-corrected chi connectivity index (χ2v) is 17.6. The standard InChI is InChI=1S/C57H88O15/c1-3-5-7-9-11-13-15-17-18-19-20-21-22-23-24-25-26-28-29-31-33-35-37-39-48(59)67-42-45(70-49(60)40-38-36-34-32-30-27-16-14-12-10-8-6-4-2)43-68-56-55(66)53(64)51(62)47(72-56)44-69-57-54(65)52(63)50(61)46(41-58)71-57/h5-8,10-14,16-18,20-21,23-24,26,28,31,33,45-47,50-58,61-66H,3-4,9,15,19,22,25,27,29-30,32,34-44H2,1-2H3/b7-5+,8-6+,12-10+,13-11+,16-14+,18-17+,21-20+,24-23+,28-26+,33-31+/t45?,46-,47-,50+,51+,52?,53?,54?,55?,56-,57-/m1/s1. The first-order valence-corrected chi connectivity index (χ1v) is 26.2. The van der Waals surface area contributed by atoms with Crippen LogP contribution in [0.4, 0.5) is 0 Å². The molecule has 72 heavy (non-hydrogen) atoms. The van der Waals surface area contributed by atoms with Gasteiger partial charge in [-0.25, -0.2) is 0 Å². The van der Waals surface area contributed by atoms with Crippen molar-refractivity contribution < 1.29 is 73.8 Å². The molecule has 2 saturated heterocycles. The maximum Gasteiger partial charge on any atom is 0.306 e. The zero-order valence-electron chi connectivity index (χ0n) is 42.9. The van der Waals surface area contributed by atoms with E-state index in [-0.39, 0.29) is 19.4 Å². The fourth-order valence-electron chi connectivity index (χ4n) is 7.26. The van der Waals surface area contributed by atoms with Crippen molar-refractivity contribution >= 4 is 11.9 Å². The molecule has 2 rings (SSSR count). The summed E-state index contributed by atoms with van der Waals surface area (Å²) in [6, 6.07) is 0. The van der Waals surface area contributed by atoms with Crippen molar-refractivity contribution in [2.75, 3.05) is 26.4 Å². The molecule has 2 fully saturated rings. The summed E-state index contributed by atoms with van der Waals surface area (Å²) < 4.78 is 33.5. The van der Waals surface area contributed by atoms with Crippen LogP contribution in [-0.2, 0) is 38.0 Å². The Labute approximate surface area is 429 Å². The van der Waals surface area contributed by atoms with Crippen LogP contribution in [0.2, 0.25) is 0 Å². The predicted octanol–water partition coefficient (Wildman–Crippen LogP) is 7.71. The molecule has 7 N–H and O–H groups in total. The van der Waals surface area contributed by atoms with Gasteiger partial charge in [0.2, 0.25) is 0 Å². The van der Waals surface area contributed by atoms with Crippen molar-refractivity contribution in [2.24, 2.45) is 0 Å². The normalized spacial score (nSPS) is 26.0. The number of allylic oxidation sites excluding steroid dienone is 20. The summed E-state index contributed by atoms with van der Waals surface area (Å²) in [6.07, 6.45) is 39.5. The quantitative estimate of drug-likeness (QED) is 0.0136. The average molecular weight is 1010 g/mol. The van der Waals surface area contributed by atoms with Gasteiger partial charge >= 0.3 is 11.9 Å². The molecule has 0 radical (unpaired) electrons. The third-order valence-electron chi connectivity index (χ3n) is 11.5. The molecular weight excluding hydrogens is 925 g/mol. The molecule has 0 aliphatic carbocycles. The summed E-state index contributed by atoms with van der Waals surface area (Å²) in [5, 5.41) is 72.1.